The van der Waals surface area contributed by atoms with Gasteiger partial charge in [0.1, 0.15) is 6.07 Å². The largest absolute Gasteiger partial charge is 0.464 e. The number of nitrogens with two attached hydrogens (primary N) is 2. The van der Waals surface area contributed by atoms with E-state index in [0.29, 0.717) is 5.69 Å². The number of sulfonamides is 1. The second kappa shape index (κ2) is 5.51. The van der Waals surface area contributed by atoms with Crippen molar-refractivity contribution in [2.24, 2.45) is 5.14 Å². The molecular formula is C13H12N4O4S. The molecule has 0 spiro atoms. The topological polar surface area (TPSA) is 141 Å². The molecule has 9 heteroatoms. The summed E-state index contributed by atoms with van der Waals surface area (Å²) in [5, 5.41) is 14.0. The molecule has 114 valence electrons. The van der Waals surface area contributed by atoms with Crippen LogP contribution in [0.1, 0.15) is 16.1 Å². The highest BCUT2D eigenvalue weighted by Crippen LogP contribution is 2.25. The second-order valence-corrected chi connectivity index (χ2v) is 5.88. The van der Waals surface area contributed by atoms with E-state index in [1.165, 1.54) is 42.1 Å². The maximum atomic E-state index is 11.8. The van der Waals surface area contributed by atoms with E-state index in [4.69, 9.17) is 16.1 Å². The molecule has 22 heavy (non-hydrogen) atoms. The number of carbonyl (C=O) groups is 1. The van der Waals surface area contributed by atoms with Gasteiger partial charge >= 0.3 is 5.97 Å². The summed E-state index contributed by atoms with van der Waals surface area (Å²) >= 11 is 0. The number of rotatable bonds is 3. The van der Waals surface area contributed by atoms with Gasteiger partial charge in [-0.15, -0.1) is 0 Å². The quantitative estimate of drug-likeness (QED) is 0.782. The summed E-state index contributed by atoms with van der Waals surface area (Å²) < 4.78 is 28.5. The highest BCUT2D eigenvalue weighted by molar-refractivity contribution is 7.89. The lowest BCUT2D eigenvalue weighted by molar-refractivity contribution is 0.0593. The third-order valence-corrected chi connectivity index (χ3v) is 3.92. The first-order valence-electron chi connectivity index (χ1n) is 5.92. The van der Waals surface area contributed by atoms with E-state index >= 15 is 0 Å². The number of esters is 1. The van der Waals surface area contributed by atoms with Crippen molar-refractivity contribution in [1.82, 2.24) is 4.57 Å². The molecule has 0 amide bonds. The van der Waals surface area contributed by atoms with Gasteiger partial charge in [0.05, 0.1) is 23.3 Å². The molecule has 1 aromatic heterocycles. The van der Waals surface area contributed by atoms with Crippen LogP contribution in [-0.4, -0.2) is 26.1 Å². The van der Waals surface area contributed by atoms with Crippen LogP contribution in [0, 0.1) is 11.3 Å². The number of primary sulfonamides is 1. The molecule has 0 fully saturated rings. The van der Waals surface area contributed by atoms with Crippen LogP contribution >= 0.6 is 0 Å². The van der Waals surface area contributed by atoms with Crippen molar-refractivity contribution in [2.45, 2.75) is 4.90 Å². The summed E-state index contributed by atoms with van der Waals surface area (Å²) in [7, 11) is -2.63. The molecule has 2 rings (SSSR count). The fourth-order valence-corrected chi connectivity index (χ4v) is 2.43. The summed E-state index contributed by atoms with van der Waals surface area (Å²) in [4.78, 5) is 11.8. The molecule has 8 nitrogen and oxygen atoms in total. The third-order valence-electron chi connectivity index (χ3n) is 2.99. The Kier molecular flexibility index (Phi) is 3.90. The third kappa shape index (κ3) is 2.65. The predicted molar refractivity (Wildman–Crippen MR) is 77.6 cm³/mol. The molecule has 4 N–H and O–H groups in total. The van der Waals surface area contributed by atoms with Crippen LogP contribution in [0.4, 0.5) is 5.69 Å². The van der Waals surface area contributed by atoms with E-state index in [9.17, 15) is 13.2 Å². The van der Waals surface area contributed by atoms with Gasteiger partial charge in [0, 0.05) is 11.9 Å². The number of methoxy groups -OCH3 is 1. The number of nitrogens with zero attached hydrogens (tertiary/aromatic N) is 2. The number of anilines is 1. The number of nitrogen functional groups attached to an aromatic ring is 1. The summed E-state index contributed by atoms with van der Waals surface area (Å²) in [6.07, 6.45) is 1.37. The average Bonchev–Trinajstić information content (AvgIpc) is 2.82. The number of carbonyl (C=O) groups excluding carboxylic acids is 1. The smallest absolute Gasteiger partial charge is 0.357 e. The number of hydrogen-bond donors (Lipinski definition) is 2. The van der Waals surface area contributed by atoms with E-state index in [0.717, 1.165) is 0 Å². The first-order valence-corrected chi connectivity index (χ1v) is 7.46. The minimum atomic E-state index is -3.82. The lowest BCUT2D eigenvalue weighted by Crippen LogP contribution is -2.13. The first kappa shape index (κ1) is 15.6. The van der Waals surface area contributed by atoms with Gasteiger partial charge in [-0.2, -0.15) is 5.26 Å². The normalized spacial score (nSPS) is 11.0. The molecule has 0 aliphatic carbocycles. The van der Waals surface area contributed by atoms with Crippen molar-refractivity contribution in [1.29, 1.82) is 5.26 Å². The Morgan fingerprint density at radius 1 is 1.32 bits per heavy atom. The number of aromatic nitrogens is 1. The maximum Gasteiger partial charge on any atom is 0.357 e. The Balaban J connectivity index is 2.62. The van der Waals surface area contributed by atoms with Gasteiger partial charge in [-0.3, -0.25) is 0 Å². The van der Waals surface area contributed by atoms with Crippen LogP contribution < -0.4 is 10.9 Å². The van der Waals surface area contributed by atoms with E-state index in [2.05, 4.69) is 4.74 Å². The summed E-state index contributed by atoms with van der Waals surface area (Å²) in [6.45, 7) is 0. The molecule has 2 aromatic rings. The zero-order chi connectivity index (χ0) is 16.5. The molecule has 1 heterocycles. The zero-order valence-electron chi connectivity index (χ0n) is 11.5. The fraction of sp³-hybridized carbons (Fsp3) is 0.0769. The lowest BCUT2D eigenvalue weighted by Gasteiger charge is -2.09. The molecule has 0 aliphatic rings. The molecule has 0 atom stereocenters. The summed E-state index contributed by atoms with van der Waals surface area (Å²) in [6, 6.07) is 7.32. The highest BCUT2D eigenvalue weighted by Gasteiger charge is 2.21. The highest BCUT2D eigenvalue weighted by atomic mass is 32.2. The molecule has 0 aliphatic heterocycles. The van der Waals surface area contributed by atoms with Crippen molar-refractivity contribution in [3.8, 4) is 11.8 Å². The Hall–Kier alpha value is -2.83. The molecule has 0 radical (unpaired) electrons. The van der Waals surface area contributed by atoms with Gasteiger partial charge in [-0.05, 0) is 24.3 Å². The zero-order valence-corrected chi connectivity index (χ0v) is 12.3. The minimum Gasteiger partial charge on any atom is -0.464 e. The van der Waals surface area contributed by atoms with Crippen LogP contribution in [-0.2, 0) is 14.8 Å². The number of nitriles is 1. The Labute approximate surface area is 126 Å². The molecule has 0 unspecified atom stereocenters. The fourth-order valence-electron chi connectivity index (χ4n) is 1.91. The van der Waals surface area contributed by atoms with Crippen LogP contribution in [0.2, 0.25) is 0 Å². The SMILES string of the molecule is COC(=O)c1c(N)c(C#N)cn1-c1ccc(S(N)(=O)=O)cc1. The molecule has 0 saturated heterocycles. The van der Waals surface area contributed by atoms with Gasteiger partial charge < -0.3 is 15.0 Å². The summed E-state index contributed by atoms with van der Waals surface area (Å²) in [5.41, 5.74) is 6.29. The van der Waals surface area contributed by atoms with Crippen LogP contribution in [0.3, 0.4) is 0 Å². The van der Waals surface area contributed by atoms with Crippen LogP contribution in [0.5, 0.6) is 0 Å². The minimum absolute atomic E-state index is 0.00938. The molecule has 1 aromatic carbocycles. The van der Waals surface area contributed by atoms with Gasteiger partial charge in [0.2, 0.25) is 10.0 Å². The van der Waals surface area contributed by atoms with Gasteiger partial charge in [-0.1, -0.05) is 0 Å². The lowest BCUT2D eigenvalue weighted by atomic mass is 10.2. The maximum absolute atomic E-state index is 11.8. The number of ether oxygens (including phenoxy) is 1. The van der Waals surface area contributed by atoms with Gasteiger partial charge in [0.15, 0.2) is 5.69 Å². The van der Waals surface area contributed by atoms with Gasteiger partial charge in [0.25, 0.3) is 0 Å². The van der Waals surface area contributed by atoms with Crippen molar-refractivity contribution in [3.05, 3.63) is 41.7 Å². The predicted octanol–water partition coefficient (Wildman–Crippen LogP) is 0.365. The Morgan fingerprint density at radius 3 is 2.36 bits per heavy atom. The van der Waals surface area contributed by atoms with Crippen molar-refractivity contribution < 1.29 is 17.9 Å². The molecular weight excluding hydrogens is 308 g/mol. The van der Waals surface area contributed by atoms with Crippen LogP contribution in [0.25, 0.3) is 5.69 Å². The number of hydrogen-bond acceptors (Lipinski definition) is 6. The average molecular weight is 320 g/mol. The van der Waals surface area contributed by atoms with Crippen molar-refractivity contribution >= 4 is 21.7 Å². The standard InChI is InChI=1S/C13H12N4O4S/c1-21-13(18)12-11(15)8(6-14)7-17(12)9-2-4-10(5-3-9)22(16,19)20/h2-5,7H,15H2,1H3,(H2,16,19,20). The van der Waals surface area contributed by atoms with E-state index in [1.807, 2.05) is 6.07 Å². The second-order valence-electron chi connectivity index (χ2n) is 4.32. The monoisotopic (exact) mass is 320 g/mol. The first-order chi connectivity index (χ1) is 10.3. The van der Waals surface area contributed by atoms with Gasteiger partial charge in [-0.25, -0.2) is 18.4 Å². The van der Waals surface area contributed by atoms with E-state index in [-0.39, 0.29) is 21.8 Å². The van der Waals surface area contributed by atoms with E-state index in [1.54, 1.807) is 0 Å². The Morgan fingerprint density at radius 2 is 1.91 bits per heavy atom. The molecule has 0 saturated carbocycles. The number of benzene rings is 1. The molecule has 0 bridgehead atoms. The van der Waals surface area contributed by atoms with E-state index < -0.39 is 16.0 Å². The van der Waals surface area contributed by atoms with Crippen molar-refractivity contribution in [2.75, 3.05) is 12.8 Å². The summed E-state index contributed by atoms with van der Waals surface area (Å²) in [5.74, 6) is -0.713. The Bertz CT molecular complexity index is 876. The van der Waals surface area contributed by atoms with Crippen molar-refractivity contribution in [3.63, 3.8) is 0 Å². The van der Waals surface area contributed by atoms with Crippen LogP contribution in [0.15, 0.2) is 35.4 Å².